The van der Waals surface area contributed by atoms with Crippen molar-refractivity contribution >= 4 is 12.0 Å². The van der Waals surface area contributed by atoms with E-state index in [-0.39, 0.29) is 12.3 Å². The molecule has 0 fully saturated rings. The summed E-state index contributed by atoms with van der Waals surface area (Å²) in [4.78, 5) is 24.6. The van der Waals surface area contributed by atoms with Crippen LogP contribution >= 0.6 is 0 Å². The number of rotatable bonds is 5. The Hall–Kier alpha value is -2.76. The number of carbonyl (C=O) groups is 1. The Balaban J connectivity index is 2.09. The van der Waals surface area contributed by atoms with Crippen LogP contribution < -0.4 is 4.74 Å². The maximum absolute atomic E-state index is 10.8. The molecule has 0 bridgehead atoms. The molecule has 0 saturated heterocycles. The minimum atomic E-state index is -0.452. The number of aromatic nitrogens is 1. The molecule has 0 atom stereocenters. The molecule has 6 nitrogen and oxygen atoms in total. The predicted molar refractivity (Wildman–Crippen MR) is 67.1 cm³/mol. The van der Waals surface area contributed by atoms with Crippen LogP contribution in [0.4, 0.5) is 5.69 Å². The van der Waals surface area contributed by atoms with Crippen LogP contribution in [0.3, 0.4) is 0 Å². The molecule has 2 aromatic rings. The Morgan fingerprint density at radius 2 is 2.05 bits per heavy atom. The van der Waals surface area contributed by atoms with Crippen LogP contribution in [0.2, 0.25) is 0 Å². The number of nitro benzene ring substituents is 1. The zero-order valence-electron chi connectivity index (χ0n) is 9.85. The van der Waals surface area contributed by atoms with Gasteiger partial charge in [0.15, 0.2) is 6.29 Å². The molecule has 1 aromatic heterocycles. The number of nitrogens with zero attached hydrogens (tertiary/aromatic N) is 2. The van der Waals surface area contributed by atoms with Gasteiger partial charge in [-0.3, -0.25) is 14.9 Å². The number of aldehydes is 1. The number of hydrogen-bond acceptors (Lipinski definition) is 5. The van der Waals surface area contributed by atoms with Crippen molar-refractivity contribution in [3.05, 3.63) is 64.0 Å². The average Bonchev–Trinajstić information content (AvgIpc) is 2.46. The summed E-state index contributed by atoms with van der Waals surface area (Å²) < 4.78 is 5.40. The fraction of sp³-hybridized carbons (Fsp3) is 0.0769. The Labute approximate surface area is 108 Å². The molecule has 0 radical (unpaired) electrons. The van der Waals surface area contributed by atoms with E-state index in [4.69, 9.17) is 4.74 Å². The molecule has 0 spiro atoms. The lowest BCUT2D eigenvalue weighted by atomic mass is 10.2. The van der Waals surface area contributed by atoms with E-state index in [1.165, 1.54) is 18.3 Å². The summed E-state index contributed by atoms with van der Waals surface area (Å²) in [7, 11) is 0. The molecule has 19 heavy (non-hydrogen) atoms. The minimum Gasteiger partial charge on any atom is -0.487 e. The summed E-state index contributed by atoms with van der Waals surface area (Å²) in [6, 6.07) is 9.46. The predicted octanol–water partition coefficient (Wildman–Crippen LogP) is 2.38. The highest BCUT2D eigenvalue weighted by Crippen LogP contribution is 2.19. The van der Waals surface area contributed by atoms with Gasteiger partial charge in [-0.2, -0.15) is 0 Å². The Bertz CT molecular complexity index is 596. The molecule has 0 saturated carbocycles. The maximum atomic E-state index is 10.8. The van der Waals surface area contributed by atoms with Crippen molar-refractivity contribution < 1.29 is 14.5 Å². The third-order valence-corrected chi connectivity index (χ3v) is 2.46. The van der Waals surface area contributed by atoms with Crippen molar-refractivity contribution in [2.75, 3.05) is 0 Å². The third kappa shape index (κ3) is 3.12. The number of nitro groups is 1. The van der Waals surface area contributed by atoms with Gasteiger partial charge in [0.05, 0.1) is 16.7 Å². The summed E-state index contributed by atoms with van der Waals surface area (Å²) in [5.41, 5.74) is 0.796. The molecule has 2 rings (SSSR count). The lowest BCUT2D eigenvalue weighted by Gasteiger charge is -2.06. The van der Waals surface area contributed by atoms with Crippen LogP contribution in [0.5, 0.6) is 5.75 Å². The summed E-state index contributed by atoms with van der Waals surface area (Å²) in [5.74, 6) is 0.448. The quantitative estimate of drug-likeness (QED) is 0.467. The van der Waals surface area contributed by atoms with Gasteiger partial charge in [0, 0.05) is 6.07 Å². The van der Waals surface area contributed by atoms with E-state index in [0.29, 0.717) is 23.3 Å². The SMILES string of the molecule is O=Cc1ccc(OCc2ccccc2[N+](=O)[O-])cn1. The normalized spacial score (nSPS) is 9.89. The van der Waals surface area contributed by atoms with Crippen LogP contribution in [0.1, 0.15) is 16.1 Å². The number of carbonyl (C=O) groups excluding carboxylic acids is 1. The monoisotopic (exact) mass is 258 g/mol. The van der Waals surface area contributed by atoms with Crippen molar-refractivity contribution in [2.45, 2.75) is 6.61 Å². The highest BCUT2D eigenvalue weighted by atomic mass is 16.6. The fourth-order valence-electron chi connectivity index (χ4n) is 1.52. The van der Waals surface area contributed by atoms with Crippen molar-refractivity contribution in [2.24, 2.45) is 0 Å². The molecule has 0 unspecified atom stereocenters. The summed E-state index contributed by atoms with van der Waals surface area (Å²) in [6.07, 6.45) is 2.03. The molecule has 0 amide bonds. The van der Waals surface area contributed by atoms with Gasteiger partial charge in [0.1, 0.15) is 18.1 Å². The number of para-hydroxylation sites is 1. The Morgan fingerprint density at radius 3 is 2.68 bits per heavy atom. The molecular formula is C13H10N2O4. The molecule has 1 heterocycles. The second kappa shape index (κ2) is 5.72. The van der Waals surface area contributed by atoms with Gasteiger partial charge in [0.25, 0.3) is 5.69 Å². The summed E-state index contributed by atoms with van der Waals surface area (Å²) >= 11 is 0. The van der Waals surface area contributed by atoms with Crippen LogP contribution in [-0.4, -0.2) is 16.2 Å². The molecule has 0 aliphatic carbocycles. The van der Waals surface area contributed by atoms with Crippen molar-refractivity contribution in [3.8, 4) is 5.75 Å². The highest BCUT2D eigenvalue weighted by Gasteiger charge is 2.12. The van der Waals surface area contributed by atoms with E-state index in [2.05, 4.69) is 4.98 Å². The zero-order chi connectivity index (χ0) is 13.7. The van der Waals surface area contributed by atoms with Gasteiger partial charge >= 0.3 is 0 Å². The van der Waals surface area contributed by atoms with Crippen molar-refractivity contribution in [3.63, 3.8) is 0 Å². The number of pyridine rings is 1. The van der Waals surface area contributed by atoms with E-state index in [0.717, 1.165) is 0 Å². The lowest BCUT2D eigenvalue weighted by molar-refractivity contribution is -0.385. The fourth-order valence-corrected chi connectivity index (χ4v) is 1.52. The molecule has 0 aliphatic rings. The first-order chi connectivity index (χ1) is 9.20. The Morgan fingerprint density at radius 1 is 1.26 bits per heavy atom. The van der Waals surface area contributed by atoms with Crippen LogP contribution in [0.25, 0.3) is 0 Å². The van der Waals surface area contributed by atoms with E-state index >= 15 is 0 Å². The molecular weight excluding hydrogens is 248 g/mol. The second-order valence-electron chi connectivity index (χ2n) is 3.71. The molecule has 96 valence electrons. The van der Waals surface area contributed by atoms with Crippen LogP contribution in [-0.2, 0) is 6.61 Å². The van der Waals surface area contributed by atoms with Crippen molar-refractivity contribution in [1.29, 1.82) is 0 Å². The molecule has 0 aliphatic heterocycles. The number of ether oxygens (including phenoxy) is 1. The van der Waals surface area contributed by atoms with Gasteiger partial charge in [-0.05, 0) is 18.2 Å². The smallest absolute Gasteiger partial charge is 0.276 e. The van der Waals surface area contributed by atoms with Crippen LogP contribution in [0, 0.1) is 10.1 Å². The highest BCUT2D eigenvalue weighted by molar-refractivity contribution is 5.71. The lowest BCUT2D eigenvalue weighted by Crippen LogP contribution is -2.00. The van der Waals surface area contributed by atoms with E-state index in [1.807, 2.05) is 0 Å². The number of benzene rings is 1. The van der Waals surface area contributed by atoms with Gasteiger partial charge in [-0.15, -0.1) is 0 Å². The molecule has 6 heteroatoms. The molecule has 0 N–H and O–H groups in total. The van der Waals surface area contributed by atoms with E-state index in [1.54, 1.807) is 24.3 Å². The van der Waals surface area contributed by atoms with E-state index in [9.17, 15) is 14.9 Å². The summed E-state index contributed by atoms with van der Waals surface area (Å²) in [6.45, 7) is 0.0687. The second-order valence-corrected chi connectivity index (χ2v) is 3.71. The largest absolute Gasteiger partial charge is 0.487 e. The molecule has 1 aromatic carbocycles. The van der Waals surface area contributed by atoms with Crippen LogP contribution in [0.15, 0.2) is 42.6 Å². The summed E-state index contributed by atoms with van der Waals surface area (Å²) in [5, 5.41) is 10.8. The standard InChI is InChI=1S/C13H10N2O4/c16-8-11-5-6-12(7-14-11)19-9-10-3-1-2-4-13(10)15(17)18/h1-8H,9H2. The van der Waals surface area contributed by atoms with Gasteiger partial charge in [-0.1, -0.05) is 12.1 Å². The average molecular weight is 258 g/mol. The van der Waals surface area contributed by atoms with Gasteiger partial charge in [-0.25, -0.2) is 4.98 Å². The zero-order valence-corrected chi connectivity index (χ0v) is 9.85. The maximum Gasteiger partial charge on any atom is 0.276 e. The van der Waals surface area contributed by atoms with Gasteiger partial charge in [0.2, 0.25) is 0 Å². The van der Waals surface area contributed by atoms with E-state index < -0.39 is 4.92 Å². The topological polar surface area (TPSA) is 82.3 Å². The van der Waals surface area contributed by atoms with Gasteiger partial charge < -0.3 is 4.74 Å². The first-order valence-electron chi connectivity index (χ1n) is 5.47. The first-order valence-corrected chi connectivity index (χ1v) is 5.47. The Kier molecular flexibility index (Phi) is 3.82. The number of hydrogen-bond donors (Lipinski definition) is 0. The van der Waals surface area contributed by atoms with Crippen molar-refractivity contribution in [1.82, 2.24) is 4.98 Å². The third-order valence-electron chi connectivity index (χ3n) is 2.46. The minimum absolute atomic E-state index is 0.0139. The first kappa shape index (κ1) is 12.7.